The maximum Gasteiger partial charge on any atom is 0.416 e. The molecule has 0 atom stereocenters. The highest BCUT2D eigenvalue weighted by Gasteiger charge is 2.30. The summed E-state index contributed by atoms with van der Waals surface area (Å²) in [7, 11) is 0. The third kappa shape index (κ3) is 3.42. The molecule has 3 aromatic rings. The van der Waals surface area contributed by atoms with E-state index >= 15 is 0 Å². The van der Waals surface area contributed by atoms with Crippen molar-refractivity contribution in [3.63, 3.8) is 0 Å². The Kier molecular flexibility index (Phi) is 4.29. The summed E-state index contributed by atoms with van der Waals surface area (Å²) in [5, 5.41) is 0. The second kappa shape index (κ2) is 6.39. The minimum Gasteiger partial charge on any atom is -0.299 e. The van der Waals surface area contributed by atoms with Gasteiger partial charge in [-0.15, -0.1) is 0 Å². The monoisotopic (exact) mass is 332 g/mol. The quantitative estimate of drug-likeness (QED) is 0.712. The summed E-state index contributed by atoms with van der Waals surface area (Å²) in [6, 6.07) is 14.4. The smallest absolute Gasteiger partial charge is 0.299 e. The highest BCUT2D eigenvalue weighted by Crippen LogP contribution is 2.30. The van der Waals surface area contributed by atoms with E-state index in [9.17, 15) is 18.0 Å². The van der Waals surface area contributed by atoms with Crippen molar-refractivity contribution in [1.82, 2.24) is 9.13 Å². The Hall–Kier alpha value is -2.76. The van der Waals surface area contributed by atoms with Crippen LogP contribution in [0.15, 0.2) is 71.8 Å². The molecule has 0 amide bonds. The zero-order valence-corrected chi connectivity index (χ0v) is 12.7. The molecule has 3 nitrogen and oxygen atoms in total. The first kappa shape index (κ1) is 16.1. The lowest BCUT2D eigenvalue weighted by molar-refractivity contribution is -0.137. The molecule has 1 heterocycles. The van der Waals surface area contributed by atoms with Crippen molar-refractivity contribution in [2.24, 2.45) is 0 Å². The minimum atomic E-state index is -4.44. The van der Waals surface area contributed by atoms with Crippen LogP contribution < -0.4 is 5.69 Å². The molecule has 0 N–H and O–H groups in total. The van der Waals surface area contributed by atoms with E-state index in [1.54, 1.807) is 6.20 Å². The number of hydrogen-bond acceptors (Lipinski definition) is 1. The van der Waals surface area contributed by atoms with Crippen molar-refractivity contribution in [3.8, 4) is 5.69 Å². The van der Waals surface area contributed by atoms with E-state index in [0.717, 1.165) is 17.7 Å². The molecule has 3 rings (SSSR count). The molecule has 2 aromatic carbocycles. The summed E-state index contributed by atoms with van der Waals surface area (Å²) in [5.74, 6) is 0. The van der Waals surface area contributed by atoms with Gasteiger partial charge in [-0.05, 0) is 30.2 Å². The van der Waals surface area contributed by atoms with Crippen molar-refractivity contribution in [2.45, 2.75) is 19.1 Å². The van der Waals surface area contributed by atoms with Gasteiger partial charge in [-0.2, -0.15) is 13.2 Å². The van der Waals surface area contributed by atoms with Gasteiger partial charge in [-0.1, -0.05) is 36.4 Å². The molecule has 24 heavy (non-hydrogen) atoms. The summed E-state index contributed by atoms with van der Waals surface area (Å²) in [6.45, 7) is 0.467. The van der Waals surface area contributed by atoms with Gasteiger partial charge in [0.1, 0.15) is 0 Å². The minimum absolute atomic E-state index is 0.202. The van der Waals surface area contributed by atoms with Crippen molar-refractivity contribution >= 4 is 0 Å². The third-order valence-corrected chi connectivity index (χ3v) is 3.78. The largest absolute Gasteiger partial charge is 0.416 e. The second-order valence-electron chi connectivity index (χ2n) is 5.43. The standard InChI is InChI=1S/C18H15F3N2O/c19-18(20,21)15-7-4-8-16(13-15)23-12-11-22(17(23)24)10-9-14-5-2-1-3-6-14/h1-8,11-13H,9-10H2. The van der Waals surface area contributed by atoms with Gasteiger partial charge in [-0.3, -0.25) is 9.13 Å². The van der Waals surface area contributed by atoms with Crippen LogP contribution in [0.25, 0.3) is 5.69 Å². The molecule has 0 saturated heterocycles. The van der Waals surface area contributed by atoms with Gasteiger partial charge in [-0.25, -0.2) is 4.79 Å². The van der Waals surface area contributed by atoms with E-state index in [-0.39, 0.29) is 11.4 Å². The number of hydrogen-bond donors (Lipinski definition) is 0. The summed E-state index contributed by atoms with van der Waals surface area (Å²) < 4.78 is 41.1. The van der Waals surface area contributed by atoms with Gasteiger partial charge in [0.25, 0.3) is 0 Å². The molecule has 0 saturated carbocycles. The number of nitrogens with zero attached hydrogens (tertiary/aromatic N) is 2. The zero-order valence-electron chi connectivity index (χ0n) is 12.7. The van der Waals surface area contributed by atoms with Crippen LogP contribution >= 0.6 is 0 Å². The van der Waals surface area contributed by atoms with Gasteiger partial charge in [0.05, 0.1) is 11.3 Å². The molecular formula is C18H15F3N2O. The predicted octanol–water partition coefficient (Wildman–Crippen LogP) is 3.90. The second-order valence-corrected chi connectivity index (χ2v) is 5.43. The lowest BCUT2D eigenvalue weighted by atomic mass is 10.1. The van der Waals surface area contributed by atoms with Crippen molar-refractivity contribution < 1.29 is 13.2 Å². The van der Waals surface area contributed by atoms with Crippen LogP contribution in [0.1, 0.15) is 11.1 Å². The summed E-state index contributed by atoms with van der Waals surface area (Å²) in [4.78, 5) is 12.4. The van der Waals surface area contributed by atoms with E-state index in [4.69, 9.17) is 0 Å². The van der Waals surface area contributed by atoms with Crippen LogP contribution in [0.5, 0.6) is 0 Å². The third-order valence-electron chi connectivity index (χ3n) is 3.78. The fraction of sp³-hybridized carbons (Fsp3) is 0.167. The van der Waals surface area contributed by atoms with Crippen LogP contribution in [0.2, 0.25) is 0 Å². The van der Waals surface area contributed by atoms with E-state index in [2.05, 4.69) is 0 Å². The Morgan fingerprint density at radius 2 is 1.67 bits per heavy atom. The first-order valence-corrected chi connectivity index (χ1v) is 7.44. The molecule has 0 spiro atoms. The fourth-order valence-electron chi connectivity index (χ4n) is 2.51. The molecule has 0 bridgehead atoms. The highest BCUT2D eigenvalue weighted by molar-refractivity contribution is 5.37. The van der Waals surface area contributed by atoms with Crippen molar-refractivity contribution in [3.05, 3.63) is 88.6 Å². The van der Waals surface area contributed by atoms with E-state index in [1.807, 2.05) is 30.3 Å². The van der Waals surface area contributed by atoms with Crippen LogP contribution in [0.3, 0.4) is 0 Å². The first-order chi connectivity index (χ1) is 11.4. The number of aryl methyl sites for hydroxylation is 2. The number of imidazole rings is 1. The molecule has 0 radical (unpaired) electrons. The van der Waals surface area contributed by atoms with Gasteiger partial charge in [0.2, 0.25) is 0 Å². The SMILES string of the molecule is O=c1n(CCc2ccccc2)ccn1-c1cccc(C(F)(F)F)c1. The molecule has 124 valence electrons. The molecule has 0 aliphatic heterocycles. The number of halogens is 3. The normalized spacial score (nSPS) is 11.6. The Morgan fingerprint density at radius 3 is 2.38 bits per heavy atom. The van der Waals surface area contributed by atoms with Crippen LogP contribution in [-0.4, -0.2) is 9.13 Å². The summed E-state index contributed by atoms with van der Waals surface area (Å²) in [5.41, 5.74) is 0.165. The number of benzene rings is 2. The number of alkyl halides is 3. The lowest BCUT2D eigenvalue weighted by Gasteiger charge is -2.08. The lowest BCUT2D eigenvalue weighted by Crippen LogP contribution is -2.24. The molecule has 0 unspecified atom stereocenters. The highest BCUT2D eigenvalue weighted by atomic mass is 19.4. The van der Waals surface area contributed by atoms with E-state index in [0.29, 0.717) is 13.0 Å². The predicted molar refractivity (Wildman–Crippen MR) is 85.2 cm³/mol. The maximum absolute atomic E-state index is 12.8. The Balaban J connectivity index is 1.84. The van der Waals surface area contributed by atoms with Crippen molar-refractivity contribution in [1.29, 1.82) is 0 Å². The summed E-state index contributed by atoms with van der Waals surface area (Å²) >= 11 is 0. The molecule has 0 aliphatic rings. The Bertz CT molecular complexity index is 879. The number of rotatable bonds is 4. The van der Waals surface area contributed by atoms with Crippen molar-refractivity contribution in [2.75, 3.05) is 0 Å². The van der Waals surface area contributed by atoms with Crippen LogP contribution in [0, 0.1) is 0 Å². The van der Waals surface area contributed by atoms with Gasteiger partial charge >= 0.3 is 11.9 Å². The molecule has 6 heteroatoms. The average Bonchev–Trinajstić information content (AvgIpc) is 2.94. The van der Waals surface area contributed by atoms with Crippen LogP contribution in [0.4, 0.5) is 13.2 Å². The van der Waals surface area contributed by atoms with Gasteiger partial charge < -0.3 is 0 Å². The Morgan fingerprint density at radius 1 is 0.917 bits per heavy atom. The Labute approximate surface area is 136 Å². The van der Waals surface area contributed by atoms with E-state index in [1.165, 1.54) is 27.5 Å². The van der Waals surface area contributed by atoms with Gasteiger partial charge in [0.15, 0.2) is 0 Å². The summed E-state index contributed by atoms with van der Waals surface area (Å²) in [6.07, 6.45) is -0.683. The fourth-order valence-corrected chi connectivity index (χ4v) is 2.51. The molecule has 1 aromatic heterocycles. The first-order valence-electron chi connectivity index (χ1n) is 7.44. The molecule has 0 fully saturated rings. The van der Waals surface area contributed by atoms with Crippen LogP contribution in [-0.2, 0) is 19.1 Å². The molecule has 0 aliphatic carbocycles. The van der Waals surface area contributed by atoms with E-state index < -0.39 is 11.7 Å². The maximum atomic E-state index is 12.8. The van der Waals surface area contributed by atoms with Gasteiger partial charge in [0, 0.05) is 18.9 Å². The zero-order chi connectivity index (χ0) is 17.2. The number of aromatic nitrogens is 2. The topological polar surface area (TPSA) is 26.9 Å². The molecular weight excluding hydrogens is 317 g/mol. The average molecular weight is 332 g/mol.